The lowest BCUT2D eigenvalue weighted by molar-refractivity contribution is -0.265. The number of ether oxygens (including phenoxy) is 6. The Kier molecular flexibility index (Phi) is 22.9. The summed E-state index contributed by atoms with van der Waals surface area (Å²) in [5.41, 5.74) is 1.26. The summed E-state index contributed by atoms with van der Waals surface area (Å²) in [6.07, 6.45) is 12.0. The summed E-state index contributed by atoms with van der Waals surface area (Å²) in [5.74, 6) is -7.96. The zero-order valence-corrected chi connectivity index (χ0v) is 42.4. The van der Waals surface area contributed by atoms with E-state index in [4.69, 9.17) is 28.4 Å². The van der Waals surface area contributed by atoms with Gasteiger partial charge in [0, 0.05) is 58.5 Å². The normalized spacial score (nSPS) is 39.2. The molecule has 2 saturated heterocycles. The number of hydrogen-bond acceptors (Lipinski definition) is 14. The van der Waals surface area contributed by atoms with E-state index in [2.05, 4.69) is 0 Å². The van der Waals surface area contributed by atoms with Crippen LogP contribution in [0.3, 0.4) is 0 Å². The van der Waals surface area contributed by atoms with E-state index >= 15 is 0 Å². The minimum Gasteiger partial charge on any atom is -0.460 e. The topological polar surface area (TPSA) is 205 Å². The lowest BCUT2D eigenvalue weighted by Crippen LogP contribution is -2.61. The lowest BCUT2D eigenvalue weighted by atomic mass is 9.78. The van der Waals surface area contributed by atoms with Crippen LogP contribution in [0.15, 0.2) is 47.6 Å². The number of cyclic esters (lactones) is 1. The fraction of sp³-hybridized carbons (Fsp3) is 0.755. The lowest BCUT2D eigenvalue weighted by Gasteiger charge is -2.42. The van der Waals surface area contributed by atoms with Crippen molar-refractivity contribution in [2.75, 3.05) is 41.1 Å². The minimum atomic E-state index is -2.43. The van der Waals surface area contributed by atoms with E-state index in [0.29, 0.717) is 63.4 Å². The number of methoxy groups -OCH3 is 3. The molecule has 15 nitrogen and oxygen atoms in total. The average Bonchev–Trinajstić information content (AvgIpc) is 3.32. The average molecular weight is 958 g/mol. The van der Waals surface area contributed by atoms with E-state index in [-0.39, 0.29) is 74.1 Å². The third-order valence-electron chi connectivity index (χ3n) is 14.9. The van der Waals surface area contributed by atoms with E-state index in [0.717, 1.165) is 12.0 Å². The van der Waals surface area contributed by atoms with Gasteiger partial charge in [0.25, 0.3) is 11.7 Å². The molecule has 0 aromatic heterocycles. The molecule has 0 aromatic carbocycles. The summed E-state index contributed by atoms with van der Waals surface area (Å²) >= 11 is 0. The number of Topliss-reactive ketones (excluding diaryl/α,β-unsaturated/α-hetero) is 3. The van der Waals surface area contributed by atoms with Crippen molar-refractivity contribution in [3.05, 3.63) is 47.6 Å². The molecule has 0 radical (unpaired) electrons. The molecule has 3 N–H and O–H groups in total. The van der Waals surface area contributed by atoms with E-state index < -0.39 is 77.8 Å². The number of esters is 1. The number of carbonyl (C=O) groups excluding carboxylic acids is 5. The number of amides is 1. The van der Waals surface area contributed by atoms with Gasteiger partial charge in [0.2, 0.25) is 5.79 Å². The van der Waals surface area contributed by atoms with Gasteiger partial charge >= 0.3 is 5.97 Å². The molecule has 3 aliphatic heterocycles. The molecular formula is C53H83NO14. The number of piperidine rings is 1. The summed E-state index contributed by atoms with van der Waals surface area (Å²) < 4.78 is 35.6. The van der Waals surface area contributed by atoms with Crippen molar-refractivity contribution in [1.82, 2.24) is 4.90 Å². The highest BCUT2D eigenvalue weighted by Crippen LogP contribution is 2.38. The number of fused-ring (bicyclic) bond motifs is 3. The zero-order chi connectivity index (χ0) is 50.3. The second-order valence-electron chi connectivity index (χ2n) is 20.2. The van der Waals surface area contributed by atoms with Crippen molar-refractivity contribution < 1.29 is 67.7 Å². The summed E-state index contributed by atoms with van der Waals surface area (Å²) in [6, 6.07) is -1.14. The molecule has 68 heavy (non-hydrogen) atoms. The maximum absolute atomic E-state index is 14.5. The van der Waals surface area contributed by atoms with Crippen LogP contribution in [-0.2, 0) is 52.4 Å². The summed E-state index contributed by atoms with van der Waals surface area (Å²) in [7, 11) is 4.58. The molecule has 1 aliphatic carbocycles. The van der Waals surface area contributed by atoms with Gasteiger partial charge in [-0.2, -0.15) is 0 Å². The van der Waals surface area contributed by atoms with Crippen molar-refractivity contribution in [1.29, 1.82) is 0 Å². The summed E-state index contributed by atoms with van der Waals surface area (Å²) in [4.78, 5) is 72.1. The van der Waals surface area contributed by atoms with E-state index in [1.807, 2.05) is 58.1 Å². The van der Waals surface area contributed by atoms with Crippen LogP contribution in [0.25, 0.3) is 0 Å². The Morgan fingerprint density at radius 2 is 1.59 bits per heavy atom. The van der Waals surface area contributed by atoms with Crippen LogP contribution in [0.1, 0.15) is 126 Å². The van der Waals surface area contributed by atoms with Gasteiger partial charge in [-0.15, -0.1) is 0 Å². The van der Waals surface area contributed by atoms with Gasteiger partial charge in [-0.3, -0.25) is 19.2 Å². The van der Waals surface area contributed by atoms with Crippen LogP contribution in [-0.4, -0.2) is 145 Å². The Labute approximate surface area is 405 Å². The quantitative estimate of drug-likeness (QED) is 0.134. The highest BCUT2D eigenvalue weighted by molar-refractivity contribution is 6.39. The van der Waals surface area contributed by atoms with E-state index in [9.17, 15) is 39.3 Å². The molecule has 4 aliphatic rings. The first-order chi connectivity index (χ1) is 32.3. The van der Waals surface area contributed by atoms with Crippen LogP contribution < -0.4 is 0 Å². The zero-order valence-electron chi connectivity index (χ0n) is 42.4. The Morgan fingerprint density at radius 3 is 2.26 bits per heavy atom. The molecule has 4 rings (SSSR count). The van der Waals surface area contributed by atoms with Gasteiger partial charge in [-0.1, -0.05) is 71.1 Å². The van der Waals surface area contributed by atoms with Gasteiger partial charge in [0.15, 0.2) is 5.78 Å². The van der Waals surface area contributed by atoms with Crippen LogP contribution in [0.4, 0.5) is 0 Å². The maximum Gasteiger partial charge on any atom is 0.329 e. The van der Waals surface area contributed by atoms with Crippen LogP contribution in [0.2, 0.25) is 0 Å². The van der Waals surface area contributed by atoms with Gasteiger partial charge in [-0.25, -0.2) is 4.79 Å². The van der Waals surface area contributed by atoms with E-state index in [1.54, 1.807) is 41.1 Å². The van der Waals surface area contributed by atoms with Gasteiger partial charge in [0.1, 0.15) is 30.1 Å². The SMILES string of the molecule is CO[C@H]1C[C@H]2CC[C@H](C)[C@](O)(O2)C(=O)C(=O)N2CCCC[C@H]2C(=O)O[C@H]([C@@H](C)C[C@@H]2CC[C@@H](OCCO)[C@H](OC)C2)CC(=O)[C@H](C)/C=C(\C)[C@@H](O)[C@@H](OC)C(=O)[C@H](C)C[C@H](C)/C=C/C=C/C=C/1C. The second kappa shape index (κ2) is 27.3. The first kappa shape index (κ1) is 57.2. The molecule has 3 heterocycles. The largest absolute Gasteiger partial charge is 0.460 e. The monoisotopic (exact) mass is 958 g/mol. The number of aliphatic hydroxyl groups excluding tert-OH is 2. The third kappa shape index (κ3) is 15.3. The Balaban J connectivity index is 1.70. The van der Waals surface area contributed by atoms with Gasteiger partial charge in [0.05, 0.1) is 37.6 Å². The molecule has 0 unspecified atom stereocenters. The predicted octanol–water partition coefficient (Wildman–Crippen LogP) is 6.20. The molecule has 0 aromatic rings. The van der Waals surface area contributed by atoms with Crippen molar-refractivity contribution in [3.8, 4) is 0 Å². The van der Waals surface area contributed by atoms with Crippen molar-refractivity contribution in [2.45, 2.75) is 180 Å². The predicted molar refractivity (Wildman–Crippen MR) is 256 cm³/mol. The number of hydrogen-bond donors (Lipinski definition) is 3. The van der Waals surface area contributed by atoms with Gasteiger partial charge in [-0.05, 0) is 107 Å². The minimum absolute atomic E-state index is 0.0158. The molecule has 0 spiro atoms. The molecule has 15 heteroatoms. The fourth-order valence-corrected chi connectivity index (χ4v) is 10.5. The van der Waals surface area contributed by atoms with Gasteiger partial charge < -0.3 is 48.6 Å². The van der Waals surface area contributed by atoms with Crippen molar-refractivity contribution in [3.63, 3.8) is 0 Å². The Bertz CT molecular complexity index is 1810. The number of nitrogens with zero attached hydrogens (tertiary/aromatic N) is 1. The third-order valence-corrected chi connectivity index (χ3v) is 14.9. The van der Waals surface area contributed by atoms with Crippen molar-refractivity contribution >= 4 is 29.2 Å². The Hall–Kier alpha value is -3.41. The number of aliphatic hydroxyl groups is 3. The molecule has 1 saturated carbocycles. The highest BCUT2D eigenvalue weighted by atomic mass is 16.6. The standard InChI is InChI=1S/C53H83NO14/c1-32-16-12-11-13-17-33(2)44(63-8)30-40-21-19-38(7)53(62,68-40)50(59)51(60)54-23-15-14-18-41(54)52(61)67-45(35(4)28-39-20-22-43(66-25-24-55)46(29-39)64-9)31-42(56)34(3)27-37(6)48(58)49(65-10)47(57)36(5)26-32/h11-13,16-17,27,32,34-36,38-41,43-46,48-49,55,58,62H,14-15,18-26,28-31H2,1-10H3/b13-11+,16-12+,33-17+,37-27+/t32-,34-,35+,36-,38+,39+,40-,41+,43-,44+,45+,46-,48-,49+,53+/m1/s1. The molecule has 3 fully saturated rings. The summed E-state index contributed by atoms with van der Waals surface area (Å²) in [6.45, 7) is 12.9. The molecule has 15 atom stereocenters. The van der Waals surface area contributed by atoms with Crippen LogP contribution in [0.5, 0.6) is 0 Å². The first-order valence-electron chi connectivity index (χ1n) is 25.0. The number of allylic oxidation sites excluding steroid dienone is 6. The second-order valence-corrected chi connectivity index (χ2v) is 20.2. The van der Waals surface area contributed by atoms with Crippen molar-refractivity contribution in [2.24, 2.45) is 35.5 Å². The first-order valence-corrected chi connectivity index (χ1v) is 25.0. The fourth-order valence-electron chi connectivity index (χ4n) is 10.5. The smallest absolute Gasteiger partial charge is 0.329 e. The number of ketones is 3. The molecule has 2 bridgehead atoms. The molecule has 1 amide bonds. The highest BCUT2D eigenvalue weighted by Gasteiger charge is 2.53. The van der Waals surface area contributed by atoms with Crippen LogP contribution >= 0.6 is 0 Å². The molecular weight excluding hydrogens is 875 g/mol. The maximum atomic E-state index is 14.5. The number of rotatable bonds is 9. The van der Waals surface area contributed by atoms with Crippen LogP contribution in [0, 0.1) is 35.5 Å². The summed E-state index contributed by atoms with van der Waals surface area (Å²) in [5, 5.41) is 32.8. The number of carbonyl (C=O) groups is 5. The molecule has 384 valence electrons. The Morgan fingerprint density at radius 1 is 0.853 bits per heavy atom. The van der Waals surface area contributed by atoms with E-state index in [1.165, 1.54) is 12.0 Å².